The molecular formula is C22H23ClFN3O5. The number of carbonyl (C=O) groups is 4. The van der Waals surface area contributed by atoms with Crippen molar-refractivity contribution in [3.05, 3.63) is 45.9 Å². The predicted molar refractivity (Wildman–Crippen MR) is 112 cm³/mol. The molecule has 3 amide bonds. The van der Waals surface area contributed by atoms with Crippen molar-refractivity contribution >= 4 is 35.1 Å². The van der Waals surface area contributed by atoms with Gasteiger partial charge in [0.2, 0.25) is 11.7 Å². The number of hydrogen-bond acceptors (Lipinski definition) is 5. The fourth-order valence-electron chi connectivity index (χ4n) is 4.70. The van der Waals surface area contributed by atoms with Crippen LogP contribution in [0.4, 0.5) is 4.39 Å². The van der Waals surface area contributed by atoms with Crippen molar-refractivity contribution in [2.24, 2.45) is 5.92 Å². The molecule has 0 saturated carbocycles. The molecule has 0 spiro atoms. The van der Waals surface area contributed by atoms with Gasteiger partial charge in [-0.1, -0.05) is 17.7 Å². The Balaban J connectivity index is 1.71. The van der Waals surface area contributed by atoms with E-state index in [9.17, 15) is 28.7 Å². The highest BCUT2D eigenvalue weighted by molar-refractivity contribution is 6.43. The number of halogens is 2. The number of piperidine rings is 1. The number of fused-ring (bicyclic) bond motifs is 2. The minimum absolute atomic E-state index is 0.0688. The number of carbonyl (C=O) groups excluding carboxylic acids is 4. The third-order valence-corrected chi connectivity index (χ3v) is 6.53. The molecule has 1 aromatic carbocycles. The van der Waals surface area contributed by atoms with E-state index in [1.807, 2.05) is 0 Å². The molecule has 1 unspecified atom stereocenters. The lowest BCUT2D eigenvalue weighted by atomic mass is 9.80. The summed E-state index contributed by atoms with van der Waals surface area (Å²) in [6, 6.07) is 3.54. The number of Topliss-reactive ketones (excluding diaryl/α,β-unsaturated/α-hetero) is 1. The first kappa shape index (κ1) is 22.4. The van der Waals surface area contributed by atoms with Crippen LogP contribution in [0.15, 0.2) is 29.5 Å². The van der Waals surface area contributed by atoms with E-state index in [1.165, 1.54) is 35.0 Å². The third-order valence-electron chi connectivity index (χ3n) is 6.24. The van der Waals surface area contributed by atoms with Gasteiger partial charge in [0.15, 0.2) is 0 Å². The highest BCUT2D eigenvalue weighted by Crippen LogP contribution is 2.37. The second kappa shape index (κ2) is 8.29. The second-order valence-corrected chi connectivity index (χ2v) is 8.94. The summed E-state index contributed by atoms with van der Waals surface area (Å²) in [4.78, 5) is 56.3. The van der Waals surface area contributed by atoms with Gasteiger partial charge in [-0.25, -0.2) is 4.39 Å². The molecule has 1 aromatic rings. The van der Waals surface area contributed by atoms with Crippen LogP contribution in [0.25, 0.3) is 0 Å². The molecule has 3 atom stereocenters. The smallest absolute Gasteiger partial charge is 0.295 e. The molecule has 170 valence electrons. The third kappa shape index (κ3) is 3.69. The number of ketones is 1. The molecule has 2 fully saturated rings. The number of aliphatic hydroxyl groups excluding tert-OH is 1. The Labute approximate surface area is 189 Å². The molecule has 3 aliphatic rings. The molecule has 2 saturated heterocycles. The quantitative estimate of drug-likeness (QED) is 0.523. The maximum atomic E-state index is 13.5. The molecule has 3 heterocycles. The van der Waals surface area contributed by atoms with Gasteiger partial charge in [0.25, 0.3) is 11.8 Å². The summed E-state index contributed by atoms with van der Waals surface area (Å²) >= 11 is 5.83. The van der Waals surface area contributed by atoms with Crippen LogP contribution in [-0.2, 0) is 25.7 Å². The van der Waals surface area contributed by atoms with E-state index >= 15 is 0 Å². The van der Waals surface area contributed by atoms with Crippen molar-refractivity contribution in [1.29, 1.82) is 0 Å². The molecule has 32 heavy (non-hydrogen) atoms. The minimum Gasteiger partial charge on any atom is -0.391 e. The van der Waals surface area contributed by atoms with E-state index in [0.717, 1.165) is 4.90 Å². The zero-order valence-corrected chi connectivity index (χ0v) is 18.4. The van der Waals surface area contributed by atoms with E-state index in [4.69, 9.17) is 11.6 Å². The standard InChI is InChI=1S/C22H23ClFN3O5/c1-11-7-13(28)10-25(2)21(31)18-14-5-6-26(9-12-3-4-16(24)15(23)8-12)20(30)17(14)19(29)22(32)27(11)18/h3-4,8,11,13,17,28H,5-7,9-10H2,1-2H3/t11-,13-,17?/m0/s1. The summed E-state index contributed by atoms with van der Waals surface area (Å²) in [5.41, 5.74) is 0.994. The Morgan fingerprint density at radius 1 is 1.19 bits per heavy atom. The largest absolute Gasteiger partial charge is 0.391 e. The second-order valence-electron chi connectivity index (χ2n) is 8.53. The number of amides is 3. The van der Waals surface area contributed by atoms with Crippen LogP contribution in [-0.4, -0.2) is 75.6 Å². The van der Waals surface area contributed by atoms with Gasteiger partial charge in [0.05, 0.1) is 11.1 Å². The van der Waals surface area contributed by atoms with Crippen LogP contribution in [0.5, 0.6) is 0 Å². The van der Waals surface area contributed by atoms with Crippen molar-refractivity contribution < 1.29 is 28.7 Å². The van der Waals surface area contributed by atoms with Crippen LogP contribution in [0.2, 0.25) is 5.02 Å². The van der Waals surface area contributed by atoms with Crippen molar-refractivity contribution in [3.63, 3.8) is 0 Å². The lowest BCUT2D eigenvalue weighted by Gasteiger charge is -2.44. The van der Waals surface area contributed by atoms with Crippen molar-refractivity contribution in [2.75, 3.05) is 20.1 Å². The van der Waals surface area contributed by atoms with Crippen LogP contribution >= 0.6 is 11.6 Å². The summed E-state index contributed by atoms with van der Waals surface area (Å²) in [6.07, 6.45) is -0.397. The summed E-state index contributed by atoms with van der Waals surface area (Å²) in [5.74, 6) is -4.80. The van der Waals surface area contributed by atoms with Crippen LogP contribution < -0.4 is 0 Å². The Morgan fingerprint density at radius 2 is 1.91 bits per heavy atom. The van der Waals surface area contributed by atoms with Gasteiger partial charge < -0.3 is 14.9 Å². The molecule has 3 aliphatic heterocycles. The molecule has 0 bridgehead atoms. The molecule has 0 radical (unpaired) electrons. The van der Waals surface area contributed by atoms with E-state index in [1.54, 1.807) is 6.92 Å². The first-order valence-electron chi connectivity index (χ1n) is 10.4. The number of hydrogen-bond donors (Lipinski definition) is 1. The van der Waals surface area contributed by atoms with Crippen molar-refractivity contribution in [3.8, 4) is 0 Å². The first-order chi connectivity index (χ1) is 15.1. The maximum Gasteiger partial charge on any atom is 0.295 e. The fourth-order valence-corrected chi connectivity index (χ4v) is 4.90. The highest BCUT2D eigenvalue weighted by atomic mass is 35.5. The average molecular weight is 464 g/mol. The van der Waals surface area contributed by atoms with Gasteiger partial charge in [0, 0.05) is 32.7 Å². The molecule has 4 rings (SSSR count). The van der Waals surface area contributed by atoms with E-state index in [2.05, 4.69) is 0 Å². The number of β-amino-alcohol motifs (C(OH)–C–C–N with tert-alkyl or cyclic N) is 1. The SMILES string of the molecule is C[C@H]1C[C@H](O)CN(C)C(=O)C2=C3CCN(Cc4ccc(F)c(Cl)c4)C(=O)C3C(=O)C(=O)N21. The molecule has 8 nitrogen and oxygen atoms in total. The number of aliphatic hydroxyl groups is 1. The summed E-state index contributed by atoms with van der Waals surface area (Å²) in [5, 5.41) is 10.1. The van der Waals surface area contributed by atoms with Gasteiger partial charge in [-0.2, -0.15) is 0 Å². The van der Waals surface area contributed by atoms with Gasteiger partial charge >= 0.3 is 0 Å². The predicted octanol–water partition coefficient (Wildman–Crippen LogP) is 1.10. The Morgan fingerprint density at radius 3 is 2.59 bits per heavy atom. The first-order valence-corrected chi connectivity index (χ1v) is 10.7. The number of nitrogens with zero attached hydrogens (tertiary/aromatic N) is 3. The molecule has 0 aliphatic carbocycles. The maximum absolute atomic E-state index is 13.5. The normalized spacial score (nSPS) is 26.8. The van der Waals surface area contributed by atoms with Gasteiger partial charge in [-0.15, -0.1) is 0 Å². The Hall–Kier alpha value is -2.78. The Bertz CT molecular complexity index is 1060. The summed E-state index contributed by atoms with van der Waals surface area (Å²) < 4.78 is 13.5. The molecule has 10 heteroatoms. The van der Waals surface area contributed by atoms with Crippen LogP contribution in [0, 0.1) is 11.7 Å². The molecular weight excluding hydrogens is 441 g/mol. The Kier molecular flexibility index (Phi) is 5.81. The van der Waals surface area contributed by atoms with E-state index < -0.39 is 47.4 Å². The number of benzene rings is 1. The lowest BCUT2D eigenvalue weighted by molar-refractivity contribution is -0.155. The lowest BCUT2D eigenvalue weighted by Crippen LogP contribution is -2.59. The summed E-state index contributed by atoms with van der Waals surface area (Å²) in [6.45, 7) is 2.08. The van der Waals surface area contributed by atoms with E-state index in [0.29, 0.717) is 11.1 Å². The van der Waals surface area contributed by atoms with Crippen LogP contribution in [0.1, 0.15) is 25.3 Å². The highest BCUT2D eigenvalue weighted by Gasteiger charge is 2.51. The minimum atomic E-state index is -1.35. The van der Waals surface area contributed by atoms with Gasteiger partial charge in [-0.05, 0) is 43.0 Å². The monoisotopic (exact) mass is 463 g/mol. The summed E-state index contributed by atoms with van der Waals surface area (Å²) in [7, 11) is 1.51. The van der Waals surface area contributed by atoms with Gasteiger partial charge in [0.1, 0.15) is 17.4 Å². The number of rotatable bonds is 2. The number of likely N-dealkylation sites (tertiary alicyclic amines) is 1. The van der Waals surface area contributed by atoms with E-state index in [-0.39, 0.29) is 43.2 Å². The van der Waals surface area contributed by atoms with Gasteiger partial charge in [-0.3, -0.25) is 24.1 Å². The topological polar surface area (TPSA) is 98.2 Å². The van der Waals surface area contributed by atoms with Crippen LogP contribution in [0.3, 0.4) is 0 Å². The fraction of sp³-hybridized carbons (Fsp3) is 0.455. The molecule has 1 N–H and O–H groups in total. The zero-order chi connectivity index (χ0) is 23.3. The average Bonchev–Trinajstić information content (AvgIpc) is 2.73. The number of likely N-dealkylation sites (N-methyl/N-ethyl adjacent to an activating group) is 1. The molecule has 0 aromatic heterocycles. The zero-order valence-electron chi connectivity index (χ0n) is 17.7. The van der Waals surface area contributed by atoms with Crippen molar-refractivity contribution in [2.45, 2.75) is 38.5 Å². The van der Waals surface area contributed by atoms with Crippen molar-refractivity contribution in [1.82, 2.24) is 14.7 Å².